The third kappa shape index (κ3) is 3.45. The predicted molar refractivity (Wildman–Crippen MR) is 109 cm³/mol. The van der Waals surface area contributed by atoms with E-state index in [1.807, 2.05) is 4.90 Å². The molecule has 150 valence electrons. The van der Waals surface area contributed by atoms with Gasteiger partial charge in [0, 0.05) is 29.7 Å². The summed E-state index contributed by atoms with van der Waals surface area (Å²) in [4.78, 5) is 27.7. The lowest BCUT2D eigenvalue weighted by Gasteiger charge is -2.54. The van der Waals surface area contributed by atoms with Gasteiger partial charge in [-0.2, -0.15) is 0 Å². The van der Waals surface area contributed by atoms with Gasteiger partial charge in [0.1, 0.15) is 0 Å². The monoisotopic (exact) mass is 400 g/mol. The van der Waals surface area contributed by atoms with E-state index >= 15 is 0 Å². The van der Waals surface area contributed by atoms with Crippen LogP contribution in [-0.2, 0) is 4.79 Å². The molecular formula is C23H29ClN2O2. The summed E-state index contributed by atoms with van der Waals surface area (Å²) in [6, 6.07) is 7.40. The van der Waals surface area contributed by atoms with Crippen molar-refractivity contribution in [1.29, 1.82) is 0 Å². The molecule has 4 aliphatic carbocycles. The number of halogens is 1. The predicted octanol–water partition coefficient (Wildman–Crippen LogP) is 4.13. The first-order chi connectivity index (χ1) is 13.6. The van der Waals surface area contributed by atoms with Crippen molar-refractivity contribution < 1.29 is 9.59 Å². The Kier molecular flexibility index (Phi) is 4.86. The van der Waals surface area contributed by atoms with Crippen LogP contribution in [0.15, 0.2) is 24.3 Å². The summed E-state index contributed by atoms with van der Waals surface area (Å²) in [6.07, 6.45) is 8.43. The van der Waals surface area contributed by atoms with Gasteiger partial charge < -0.3 is 10.2 Å². The van der Waals surface area contributed by atoms with Gasteiger partial charge in [-0.25, -0.2) is 0 Å². The van der Waals surface area contributed by atoms with Crippen LogP contribution in [-0.4, -0.2) is 35.8 Å². The molecule has 4 nitrogen and oxygen atoms in total. The maximum atomic E-state index is 13.1. The van der Waals surface area contributed by atoms with Crippen molar-refractivity contribution in [3.8, 4) is 0 Å². The minimum atomic E-state index is -0.0813. The normalized spacial score (nSPS) is 36.4. The maximum Gasteiger partial charge on any atom is 0.253 e. The number of carbonyl (C=O) groups excluding carboxylic acids is 2. The molecule has 6 rings (SSSR count). The highest BCUT2D eigenvalue weighted by Crippen LogP contribution is 2.53. The Morgan fingerprint density at radius 3 is 2.25 bits per heavy atom. The molecule has 4 bridgehead atoms. The molecule has 4 saturated carbocycles. The maximum absolute atomic E-state index is 13.1. The molecule has 2 amide bonds. The van der Waals surface area contributed by atoms with Crippen molar-refractivity contribution in [2.45, 2.75) is 51.0 Å². The van der Waals surface area contributed by atoms with Gasteiger partial charge in [0.05, 0.1) is 5.92 Å². The molecule has 0 radical (unpaired) electrons. The van der Waals surface area contributed by atoms with Crippen molar-refractivity contribution in [1.82, 2.24) is 10.2 Å². The number of amides is 2. The second-order valence-corrected chi connectivity index (χ2v) is 10.00. The minimum Gasteiger partial charge on any atom is -0.353 e. The zero-order chi connectivity index (χ0) is 19.3. The van der Waals surface area contributed by atoms with Crippen LogP contribution in [0.25, 0.3) is 0 Å². The Hall–Kier alpha value is -1.55. The standard InChI is InChI=1S/C23H29ClN2O2/c24-20-5-3-16(4-6-20)23(28)26-7-1-2-17(13-26)22(27)25-21-18-9-14-8-15(11-18)12-19(21)10-14/h3-6,14-15,17-19,21H,1-2,7-13H2,(H,25,27). The Bertz CT molecular complexity index is 734. The van der Waals surface area contributed by atoms with Crippen LogP contribution in [0.2, 0.25) is 5.02 Å². The number of carbonyl (C=O) groups is 2. The molecule has 28 heavy (non-hydrogen) atoms. The molecule has 1 aliphatic heterocycles. The molecule has 1 aromatic carbocycles. The molecule has 1 unspecified atom stereocenters. The Morgan fingerprint density at radius 2 is 1.61 bits per heavy atom. The number of nitrogens with one attached hydrogen (secondary N) is 1. The van der Waals surface area contributed by atoms with Gasteiger partial charge in [0.2, 0.25) is 5.91 Å². The number of hydrogen-bond acceptors (Lipinski definition) is 2. The molecule has 5 aliphatic rings. The van der Waals surface area contributed by atoms with E-state index in [4.69, 9.17) is 11.6 Å². The summed E-state index contributed by atoms with van der Waals surface area (Å²) in [5.41, 5.74) is 0.645. The lowest BCUT2D eigenvalue weighted by atomic mass is 9.54. The van der Waals surface area contributed by atoms with Crippen molar-refractivity contribution in [2.24, 2.45) is 29.6 Å². The second-order valence-electron chi connectivity index (χ2n) is 9.56. The van der Waals surface area contributed by atoms with E-state index in [0.29, 0.717) is 35.0 Å². The number of piperidine rings is 1. The van der Waals surface area contributed by atoms with Gasteiger partial charge in [-0.1, -0.05) is 11.6 Å². The molecule has 1 aromatic rings. The number of rotatable bonds is 3. The fourth-order valence-corrected chi connectivity index (χ4v) is 6.72. The van der Waals surface area contributed by atoms with Crippen LogP contribution in [0, 0.1) is 29.6 Å². The van der Waals surface area contributed by atoms with E-state index in [-0.39, 0.29) is 17.7 Å². The first-order valence-corrected chi connectivity index (χ1v) is 11.3. The molecule has 5 heteroatoms. The van der Waals surface area contributed by atoms with Crippen molar-refractivity contribution >= 4 is 23.4 Å². The topological polar surface area (TPSA) is 49.4 Å². The summed E-state index contributed by atoms with van der Waals surface area (Å²) in [6.45, 7) is 1.25. The van der Waals surface area contributed by atoms with E-state index in [9.17, 15) is 9.59 Å². The van der Waals surface area contributed by atoms with Gasteiger partial charge in [0.15, 0.2) is 0 Å². The van der Waals surface area contributed by atoms with E-state index in [0.717, 1.165) is 31.2 Å². The fourth-order valence-electron chi connectivity index (χ4n) is 6.59. The summed E-state index contributed by atoms with van der Waals surface area (Å²) >= 11 is 5.93. The Morgan fingerprint density at radius 1 is 0.964 bits per heavy atom. The molecular weight excluding hydrogens is 372 g/mol. The van der Waals surface area contributed by atoms with Crippen LogP contribution in [0.3, 0.4) is 0 Å². The van der Waals surface area contributed by atoms with E-state index < -0.39 is 0 Å². The lowest BCUT2D eigenvalue weighted by Crippen LogP contribution is -2.57. The molecule has 0 spiro atoms. The van der Waals surface area contributed by atoms with Crippen molar-refractivity contribution in [3.05, 3.63) is 34.9 Å². The van der Waals surface area contributed by atoms with E-state index in [1.165, 1.54) is 32.1 Å². The highest BCUT2D eigenvalue weighted by Gasteiger charge is 2.49. The molecule has 1 saturated heterocycles. The zero-order valence-corrected chi connectivity index (χ0v) is 17.0. The highest BCUT2D eigenvalue weighted by molar-refractivity contribution is 6.30. The van der Waals surface area contributed by atoms with Crippen LogP contribution in [0.4, 0.5) is 0 Å². The number of likely N-dealkylation sites (tertiary alicyclic amines) is 1. The zero-order valence-electron chi connectivity index (χ0n) is 16.3. The van der Waals surface area contributed by atoms with Gasteiger partial charge in [-0.3, -0.25) is 9.59 Å². The average molecular weight is 401 g/mol. The van der Waals surface area contributed by atoms with Crippen LogP contribution >= 0.6 is 11.6 Å². The van der Waals surface area contributed by atoms with Crippen LogP contribution in [0.1, 0.15) is 55.3 Å². The lowest BCUT2D eigenvalue weighted by molar-refractivity contribution is -0.130. The largest absolute Gasteiger partial charge is 0.353 e. The second kappa shape index (κ2) is 7.37. The smallest absolute Gasteiger partial charge is 0.253 e. The van der Waals surface area contributed by atoms with Crippen molar-refractivity contribution in [3.63, 3.8) is 0 Å². The highest BCUT2D eigenvalue weighted by atomic mass is 35.5. The first-order valence-electron chi connectivity index (χ1n) is 10.9. The Labute approximate surface area is 172 Å². The third-order valence-corrected chi connectivity index (χ3v) is 7.96. The summed E-state index contributed by atoms with van der Waals surface area (Å²) < 4.78 is 0. The summed E-state index contributed by atoms with van der Waals surface area (Å²) in [5, 5.41) is 4.07. The molecule has 1 N–H and O–H groups in total. The number of benzene rings is 1. The average Bonchev–Trinajstić information content (AvgIpc) is 2.70. The van der Waals surface area contributed by atoms with Gasteiger partial charge in [-0.05, 0) is 92.9 Å². The van der Waals surface area contributed by atoms with E-state index in [1.54, 1.807) is 24.3 Å². The van der Waals surface area contributed by atoms with Crippen LogP contribution in [0.5, 0.6) is 0 Å². The molecule has 5 fully saturated rings. The summed E-state index contributed by atoms with van der Waals surface area (Å²) in [7, 11) is 0. The van der Waals surface area contributed by atoms with Crippen LogP contribution < -0.4 is 5.32 Å². The van der Waals surface area contributed by atoms with Crippen molar-refractivity contribution in [2.75, 3.05) is 13.1 Å². The first kappa shape index (κ1) is 18.5. The fraction of sp³-hybridized carbons (Fsp3) is 0.652. The van der Waals surface area contributed by atoms with E-state index in [2.05, 4.69) is 5.32 Å². The quantitative estimate of drug-likeness (QED) is 0.829. The van der Waals surface area contributed by atoms with Gasteiger partial charge in [-0.15, -0.1) is 0 Å². The minimum absolute atomic E-state index is 0.00351. The van der Waals surface area contributed by atoms with Gasteiger partial charge >= 0.3 is 0 Å². The Balaban J connectivity index is 1.22. The molecule has 0 aromatic heterocycles. The third-order valence-electron chi connectivity index (χ3n) is 7.71. The number of hydrogen-bond donors (Lipinski definition) is 1. The number of nitrogens with zero attached hydrogens (tertiary/aromatic N) is 1. The SMILES string of the molecule is O=C(NC1C2CC3CC(C2)CC1C3)C1CCCN(C(=O)c2ccc(Cl)cc2)C1. The van der Waals surface area contributed by atoms with Gasteiger partial charge in [0.25, 0.3) is 5.91 Å². The molecule has 1 atom stereocenters. The summed E-state index contributed by atoms with van der Waals surface area (Å²) in [5.74, 6) is 3.30. The molecule has 1 heterocycles.